The maximum atomic E-state index is 14.0. The van der Waals surface area contributed by atoms with Crippen molar-refractivity contribution in [3.63, 3.8) is 0 Å². The first kappa shape index (κ1) is 14.4. The Bertz CT molecular complexity index is 419. The highest BCUT2D eigenvalue weighted by Gasteiger charge is 2.29. The topological polar surface area (TPSA) is 12.0 Å². The number of rotatable bonds is 4. The Labute approximate surface area is 114 Å². The summed E-state index contributed by atoms with van der Waals surface area (Å²) < 4.78 is 27.4. The minimum absolute atomic E-state index is 0.0663. The fraction of sp³-hybridized carbons (Fsp3) is 0.625. The Morgan fingerprint density at radius 2 is 2.11 bits per heavy atom. The third-order valence-corrected chi connectivity index (χ3v) is 4.19. The molecule has 106 valence electrons. The van der Waals surface area contributed by atoms with Crippen LogP contribution in [0.4, 0.5) is 8.78 Å². The van der Waals surface area contributed by atoms with Gasteiger partial charge in [0.05, 0.1) is 0 Å². The second kappa shape index (κ2) is 6.47. The van der Waals surface area contributed by atoms with Crippen LogP contribution in [0.5, 0.6) is 0 Å². The zero-order valence-corrected chi connectivity index (χ0v) is 11.8. The summed E-state index contributed by atoms with van der Waals surface area (Å²) in [6, 6.07) is 4.43. The molecule has 0 amide bonds. The van der Waals surface area contributed by atoms with Crippen LogP contribution in [0.1, 0.15) is 51.1 Å². The Hall–Kier alpha value is -0.960. The van der Waals surface area contributed by atoms with Crippen molar-refractivity contribution in [1.82, 2.24) is 5.32 Å². The molecule has 1 N–H and O–H groups in total. The number of halogens is 2. The molecule has 0 aliphatic heterocycles. The van der Waals surface area contributed by atoms with Crippen LogP contribution < -0.4 is 5.32 Å². The standard InChI is InChI=1S/C16H23F2N/c1-3-19-16(12-7-4-6-11(2)10-12)13-8-5-9-14(17)15(13)18/h5,8-9,11-12,16,19H,3-4,6-7,10H2,1-2H3. The average Bonchev–Trinajstić information content (AvgIpc) is 2.40. The summed E-state index contributed by atoms with van der Waals surface area (Å²) in [5.74, 6) is -0.354. The van der Waals surface area contributed by atoms with E-state index in [2.05, 4.69) is 12.2 Å². The molecule has 0 bridgehead atoms. The lowest BCUT2D eigenvalue weighted by atomic mass is 9.76. The highest BCUT2D eigenvalue weighted by molar-refractivity contribution is 5.23. The van der Waals surface area contributed by atoms with Crippen molar-refractivity contribution in [2.45, 2.75) is 45.6 Å². The van der Waals surface area contributed by atoms with Crippen LogP contribution in [-0.2, 0) is 0 Å². The molecule has 1 aliphatic carbocycles. The van der Waals surface area contributed by atoms with Crippen molar-refractivity contribution in [2.24, 2.45) is 11.8 Å². The van der Waals surface area contributed by atoms with Crippen molar-refractivity contribution in [3.8, 4) is 0 Å². The van der Waals surface area contributed by atoms with E-state index in [1.807, 2.05) is 6.92 Å². The van der Waals surface area contributed by atoms with Gasteiger partial charge in [-0.25, -0.2) is 8.78 Å². The molecule has 0 aromatic heterocycles. The third kappa shape index (κ3) is 3.33. The molecular weight excluding hydrogens is 244 g/mol. The Kier molecular flexibility index (Phi) is 4.92. The van der Waals surface area contributed by atoms with E-state index in [-0.39, 0.29) is 6.04 Å². The summed E-state index contributed by atoms with van der Waals surface area (Å²) in [4.78, 5) is 0. The highest BCUT2D eigenvalue weighted by atomic mass is 19.2. The van der Waals surface area contributed by atoms with E-state index < -0.39 is 11.6 Å². The first-order chi connectivity index (χ1) is 9.13. The monoisotopic (exact) mass is 267 g/mol. The zero-order chi connectivity index (χ0) is 13.8. The van der Waals surface area contributed by atoms with E-state index in [1.165, 1.54) is 18.9 Å². The van der Waals surface area contributed by atoms with Crippen LogP contribution >= 0.6 is 0 Å². The van der Waals surface area contributed by atoms with Gasteiger partial charge in [0, 0.05) is 11.6 Å². The maximum absolute atomic E-state index is 14.0. The molecule has 1 aliphatic rings. The number of nitrogens with one attached hydrogen (secondary N) is 1. The smallest absolute Gasteiger partial charge is 0.163 e. The predicted octanol–water partition coefficient (Wildman–Crippen LogP) is 4.44. The van der Waals surface area contributed by atoms with Gasteiger partial charge in [-0.15, -0.1) is 0 Å². The second-order valence-corrected chi connectivity index (χ2v) is 5.71. The van der Waals surface area contributed by atoms with Gasteiger partial charge in [0.1, 0.15) is 0 Å². The summed E-state index contributed by atoms with van der Waals surface area (Å²) >= 11 is 0. The van der Waals surface area contributed by atoms with E-state index in [0.29, 0.717) is 17.4 Å². The molecule has 1 saturated carbocycles. The molecule has 1 nitrogen and oxygen atoms in total. The van der Waals surface area contributed by atoms with Crippen LogP contribution in [0.3, 0.4) is 0 Å². The van der Waals surface area contributed by atoms with E-state index in [9.17, 15) is 8.78 Å². The third-order valence-electron chi connectivity index (χ3n) is 4.19. The van der Waals surface area contributed by atoms with Crippen LogP contribution in [0, 0.1) is 23.5 Å². The maximum Gasteiger partial charge on any atom is 0.163 e. The number of hydrogen-bond acceptors (Lipinski definition) is 1. The van der Waals surface area contributed by atoms with Crippen molar-refractivity contribution in [1.29, 1.82) is 0 Å². The van der Waals surface area contributed by atoms with Gasteiger partial charge in [-0.3, -0.25) is 0 Å². The van der Waals surface area contributed by atoms with Gasteiger partial charge < -0.3 is 5.32 Å². The molecule has 0 saturated heterocycles. The molecule has 19 heavy (non-hydrogen) atoms. The quantitative estimate of drug-likeness (QED) is 0.850. The fourth-order valence-corrected chi connectivity index (χ4v) is 3.29. The normalized spacial score (nSPS) is 25.3. The van der Waals surface area contributed by atoms with Gasteiger partial charge in [0.25, 0.3) is 0 Å². The van der Waals surface area contributed by atoms with Crippen LogP contribution in [0.25, 0.3) is 0 Å². The second-order valence-electron chi connectivity index (χ2n) is 5.71. The molecule has 1 fully saturated rings. The SMILES string of the molecule is CCNC(c1cccc(F)c1F)C1CCCC(C)C1. The summed E-state index contributed by atoms with van der Waals surface area (Å²) in [6.45, 7) is 5.03. The summed E-state index contributed by atoms with van der Waals surface area (Å²) in [5, 5.41) is 3.35. The van der Waals surface area contributed by atoms with Crippen molar-refractivity contribution < 1.29 is 8.78 Å². The number of hydrogen-bond donors (Lipinski definition) is 1. The van der Waals surface area contributed by atoms with Crippen LogP contribution in [-0.4, -0.2) is 6.54 Å². The van der Waals surface area contributed by atoms with Gasteiger partial charge in [-0.05, 0) is 37.3 Å². The Morgan fingerprint density at radius 3 is 2.79 bits per heavy atom. The lowest BCUT2D eigenvalue weighted by molar-refractivity contribution is 0.221. The minimum Gasteiger partial charge on any atom is -0.310 e. The molecule has 3 heteroatoms. The van der Waals surface area contributed by atoms with Gasteiger partial charge in [-0.2, -0.15) is 0 Å². The molecule has 0 radical (unpaired) electrons. The van der Waals surface area contributed by atoms with Gasteiger partial charge in [0.2, 0.25) is 0 Å². The van der Waals surface area contributed by atoms with Crippen molar-refractivity contribution >= 4 is 0 Å². The van der Waals surface area contributed by atoms with Crippen LogP contribution in [0.15, 0.2) is 18.2 Å². The largest absolute Gasteiger partial charge is 0.310 e. The van der Waals surface area contributed by atoms with Crippen LogP contribution in [0.2, 0.25) is 0 Å². The molecule has 3 unspecified atom stereocenters. The summed E-state index contributed by atoms with van der Waals surface area (Å²) in [5.41, 5.74) is 0.487. The first-order valence-electron chi connectivity index (χ1n) is 7.30. The molecular formula is C16H23F2N. The molecule has 2 rings (SSSR count). The lowest BCUT2D eigenvalue weighted by Crippen LogP contribution is -2.32. The average molecular weight is 267 g/mol. The van der Waals surface area contributed by atoms with Crippen molar-refractivity contribution in [2.75, 3.05) is 6.54 Å². The molecule has 1 aromatic rings. The van der Waals surface area contributed by atoms with Crippen molar-refractivity contribution in [3.05, 3.63) is 35.4 Å². The lowest BCUT2D eigenvalue weighted by Gasteiger charge is -2.34. The van der Waals surface area contributed by atoms with E-state index >= 15 is 0 Å². The fourth-order valence-electron chi connectivity index (χ4n) is 3.29. The predicted molar refractivity (Wildman–Crippen MR) is 73.9 cm³/mol. The zero-order valence-electron chi connectivity index (χ0n) is 11.8. The van der Waals surface area contributed by atoms with E-state index in [1.54, 1.807) is 12.1 Å². The van der Waals surface area contributed by atoms with E-state index in [0.717, 1.165) is 19.4 Å². The Morgan fingerprint density at radius 1 is 1.32 bits per heavy atom. The summed E-state index contributed by atoms with van der Waals surface area (Å²) in [7, 11) is 0. The Balaban J connectivity index is 2.26. The molecule has 1 aromatic carbocycles. The van der Waals surface area contributed by atoms with Gasteiger partial charge in [0.15, 0.2) is 11.6 Å². The number of benzene rings is 1. The molecule has 0 heterocycles. The first-order valence-corrected chi connectivity index (χ1v) is 7.30. The minimum atomic E-state index is -0.746. The highest BCUT2D eigenvalue weighted by Crippen LogP contribution is 2.38. The molecule has 3 atom stereocenters. The van der Waals surface area contributed by atoms with E-state index in [4.69, 9.17) is 0 Å². The molecule has 0 spiro atoms. The summed E-state index contributed by atoms with van der Waals surface area (Å²) in [6.07, 6.45) is 4.62. The van der Waals surface area contributed by atoms with Gasteiger partial charge in [-0.1, -0.05) is 38.8 Å². The van der Waals surface area contributed by atoms with Gasteiger partial charge >= 0.3 is 0 Å².